The lowest BCUT2D eigenvalue weighted by Gasteiger charge is -2.13. The molecule has 27 heavy (non-hydrogen) atoms. The molecule has 1 aromatic heterocycles. The second kappa shape index (κ2) is 8.04. The Balaban J connectivity index is 1.73. The van der Waals surface area contributed by atoms with Crippen LogP contribution in [0.4, 0.5) is 11.4 Å². The summed E-state index contributed by atoms with van der Waals surface area (Å²) in [5, 5.41) is 6.37. The second-order valence-electron chi connectivity index (χ2n) is 6.97. The molecular formula is C23H25N3O. The molecule has 0 fully saturated rings. The topological polar surface area (TPSA) is 54.0 Å². The molecule has 0 aliphatic carbocycles. The molecule has 3 rings (SSSR count). The molecule has 0 saturated heterocycles. The van der Waals surface area contributed by atoms with Gasteiger partial charge in [0.2, 0.25) is 0 Å². The van der Waals surface area contributed by atoms with Crippen molar-refractivity contribution in [2.24, 2.45) is 0 Å². The first-order valence-corrected chi connectivity index (χ1v) is 9.06. The van der Waals surface area contributed by atoms with Crippen LogP contribution in [0.3, 0.4) is 0 Å². The molecule has 2 aromatic carbocycles. The molecule has 2 N–H and O–H groups in total. The molecule has 0 aliphatic rings. The van der Waals surface area contributed by atoms with E-state index >= 15 is 0 Å². The molecule has 138 valence electrons. The van der Waals surface area contributed by atoms with E-state index in [-0.39, 0.29) is 5.91 Å². The largest absolute Gasteiger partial charge is 0.380 e. The van der Waals surface area contributed by atoms with Crippen molar-refractivity contribution in [2.75, 3.05) is 10.6 Å². The summed E-state index contributed by atoms with van der Waals surface area (Å²) in [6.07, 6.45) is 3.32. The molecule has 0 bridgehead atoms. The van der Waals surface area contributed by atoms with Crippen LogP contribution in [0, 0.1) is 27.7 Å². The minimum Gasteiger partial charge on any atom is -0.380 e. The SMILES string of the molecule is Cc1cc(C)c(NC(=O)c2cncc(NCc3ccccc3C)c2)c(C)c1. The molecule has 0 saturated carbocycles. The van der Waals surface area contributed by atoms with E-state index in [9.17, 15) is 4.79 Å². The number of amides is 1. The predicted octanol–water partition coefficient (Wildman–Crippen LogP) is 5.18. The lowest BCUT2D eigenvalue weighted by atomic mass is 10.0. The number of rotatable bonds is 5. The number of hydrogen-bond donors (Lipinski definition) is 2. The van der Waals surface area contributed by atoms with Gasteiger partial charge in [0.15, 0.2) is 0 Å². The van der Waals surface area contributed by atoms with Gasteiger partial charge in [-0.25, -0.2) is 0 Å². The van der Waals surface area contributed by atoms with Crippen LogP contribution in [-0.4, -0.2) is 10.9 Å². The van der Waals surface area contributed by atoms with Gasteiger partial charge in [-0.3, -0.25) is 9.78 Å². The highest BCUT2D eigenvalue weighted by Crippen LogP contribution is 2.23. The zero-order valence-electron chi connectivity index (χ0n) is 16.3. The zero-order valence-corrected chi connectivity index (χ0v) is 16.3. The molecule has 0 radical (unpaired) electrons. The van der Waals surface area contributed by atoms with Crippen molar-refractivity contribution in [1.29, 1.82) is 0 Å². The highest BCUT2D eigenvalue weighted by atomic mass is 16.1. The fraction of sp³-hybridized carbons (Fsp3) is 0.217. The Morgan fingerprint density at radius 2 is 1.63 bits per heavy atom. The Morgan fingerprint density at radius 3 is 2.33 bits per heavy atom. The van der Waals surface area contributed by atoms with Crippen LogP contribution in [0.25, 0.3) is 0 Å². The van der Waals surface area contributed by atoms with Gasteiger partial charge in [-0.15, -0.1) is 0 Å². The quantitative estimate of drug-likeness (QED) is 0.660. The summed E-state index contributed by atoms with van der Waals surface area (Å²) in [5.74, 6) is -0.155. The van der Waals surface area contributed by atoms with Gasteiger partial charge in [-0.1, -0.05) is 42.0 Å². The summed E-state index contributed by atoms with van der Waals surface area (Å²) in [4.78, 5) is 16.9. The van der Waals surface area contributed by atoms with Crippen LogP contribution >= 0.6 is 0 Å². The summed E-state index contributed by atoms with van der Waals surface area (Å²) in [6.45, 7) is 8.85. The van der Waals surface area contributed by atoms with Crippen molar-refractivity contribution < 1.29 is 4.79 Å². The standard InChI is InChI=1S/C23H25N3O/c1-15-9-17(3)22(18(4)10-15)26-23(27)20-11-21(14-24-12-20)25-13-19-8-6-5-7-16(19)2/h5-12,14,25H,13H2,1-4H3,(H,26,27). The van der Waals surface area contributed by atoms with E-state index in [1.807, 2.05) is 32.0 Å². The van der Waals surface area contributed by atoms with Crippen molar-refractivity contribution in [3.8, 4) is 0 Å². The second-order valence-corrected chi connectivity index (χ2v) is 6.97. The summed E-state index contributed by atoms with van der Waals surface area (Å²) >= 11 is 0. The van der Waals surface area contributed by atoms with Crippen LogP contribution in [0.2, 0.25) is 0 Å². The Bertz CT molecular complexity index is 956. The first-order chi connectivity index (χ1) is 12.9. The number of hydrogen-bond acceptors (Lipinski definition) is 3. The van der Waals surface area contributed by atoms with Crippen molar-refractivity contribution >= 4 is 17.3 Å². The molecule has 4 heteroatoms. The smallest absolute Gasteiger partial charge is 0.257 e. The third kappa shape index (κ3) is 4.53. The fourth-order valence-electron chi connectivity index (χ4n) is 3.23. The average molecular weight is 359 g/mol. The minimum absolute atomic E-state index is 0.155. The number of nitrogens with zero attached hydrogens (tertiary/aromatic N) is 1. The molecule has 0 spiro atoms. The fourth-order valence-corrected chi connectivity index (χ4v) is 3.23. The van der Waals surface area contributed by atoms with Gasteiger partial charge >= 0.3 is 0 Å². The molecule has 0 aliphatic heterocycles. The summed E-state index contributed by atoms with van der Waals surface area (Å²) < 4.78 is 0. The van der Waals surface area contributed by atoms with Gasteiger partial charge in [-0.2, -0.15) is 0 Å². The first-order valence-electron chi connectivity index (χ1n) is 9.06. The van der Waals surface area contributed by atoms with Crippen molar-refractivity contribution in [1.82, 2.24) is 4.98 Å². The van der Waals surface area contributed by atoms with E-state index in [1.54, 1.807) is 12.4 Å². The van der Waals surface area contributed by atoms with Gasteiger partial charge in [0.1, 0.15) is 0 Å². The lowest BCUT2D eigenvalue weighted by molar-refractivity contribution is 0.102. The van der Waals surface area contributed by atoms with E-state index in [4.69, 9.17) is 0 Å². The molecule has 1 amide bonds. The van der Waals surface area contributed by atoms with Gasteiger partial charge < -0.3 is 10.6 Å². The molecule has 0 unspecified atom stereocenters. The van der Waals surface area contributed by atoms with Gasteiger partial charge in [-0.05, 0) is 56.0 Å². The van der Waals surface area contributed by atoms with Crippen LogP contribution in [0.5, 0.6) is 0 Å². The lowest BCUT2D eigenvalue weighted by Crippen LogP contribution is -2.14. The number of carbonyl (C=O) groups is 1. The van der Waals surface area contributed by atoms with E-state index in [2.05, 4.69) is 53.7 Å². The third-order valence-corrected chi connectivity index (χ3v) is 4.66. The van der Waals surface area contributed by atoms with Gasteiger partial charge in [0.25, 0.3) is 5.91 Å². The molecule has 0 atom stereocenters. The summed E-state index contributed by atoms with van der Waals surface area (Å²) in [5.41, 5.74) is 7.98. The number of benzene rings is 2. The Hall–Kier alpha value is -3.14. The van der Waals surface area contributed by atoms with E-state index < -0.39 is 0 Å². The van der Waals surface area contributed by atoms with Crippen molar-refractivity contribution in [2.45, 2.75) is 34.2 Å². The molecule has 4 nitrogen and oxygen atoms in total. The Kier molecular flexibility index (Phi) is 5.55. The number of anilines is 2. The van der Waals surface area contributed by atoms with E-state index in [0.717, 1.165) is 22.5 Å². The van der Waals surface area contributed by atoms with Crippen LogP contribution in [-0.2, 0) is 6.54 Å². The van der Waals surface area contributed by atoms with E-state index in [1.165, 1.54) is 16.7 Å². The normalized spacial score (nSPS) is 10.5. The highest BCUT2D eigenvalue weighted by Gasteiger charge is 2.11. The molecule has 3 aromatic rings. The Morgan fingerprint density at radius 1 is 0.926 bits per heavy atom. The van der Waals surface area contributed by atoms with Crippen molar-refractivity contribution in [3.63, 3.8) is 0 Å². The third-order valence-electron chi connectivity index (χ3n) is 4.66. The Labute approximate surface area is 160 Å². The minimum atomic E-state index is -0.155. The van der Waals surface area contributed by atoms with Crippen LogP contribution in [0.15, 0.2) is 54.9 Å². The maximum absolute atomic E-state index is 12.7. The molecular weight excluding hydrogens is 334 g/mol. The number of nitrogens with one attached hydrogen (secondary N) is 2. The summed E-state index contributed by atoms with van der Waals surface area (Å²) in [6, 6.07) is 14.2. The number of carbonyl (C=O) groups excluding carboxylic acids is 1. The highest BCUT2D eigenvalue weighted by molar-refractivity contribution is 6.05. The predicted molar refractivity (Wildman–Crippen MR) is 111 cm³/mol. The van der Waals surface area contributed by atoms with E-state index in [0.29, 0.717) is 12.1 Å². The summed E-state index contributed by atoms with van der Waals surface area (Å²) in [7, 11) is 0. The monoisotopic (exact) mass is 359 g/mol. The van der Waals surface area contributed by atoms with Crippen LogP contribution < -0.4 is 10.6 Å². The maximum atomic E-state index is 12.7. The first kappa shape index (κ1) is 18.6. The van der Waals surface area contributed by atoms with Crippen LogP contribution in [0.1, 0.15) is 38.2 Å². The maximum Gasteiger partial charge on any atom is 0.257 e. The number of aromatic nitrogens is 1. The zero-order chi connectivity index (χ0) is 19.4. The number of aryl methyl sites for hydroxylation is 4. The number of pyridine rings is 1. The van der Waals surface area contributed by atoms with Gasteiger partial charge in [0.05, 0.1) is 11.3 Å². The molecule has 1 heterocycles. The van der Waals surface area contributed by atoms with Crippen molar-refractivity contribution in [3.05, 3.63) is 88.2 Å². The average Bonchev–Trinajstić information content (AvgIpc) is 2.64. The van der Waals surface area contributed by atoms with Gasteiger partial charge in [0, 0.05) is 24.6 Å².